The minimum absolute atomic E-state index is 0.124. The number of aliphatic hydroxyl groups excluding tert-OH is 1. The van der Waals surface area contributed by atoms with Gasteiger partial charge in [0.2, 0.25) is 0 Å². The maximum atomic E-state index is 12.1. The Morgan fingerprint density at radius 2 is 1.95 bits per heavy atom. The number of rotatable bonds is 2. The van der Waals surface area contributed by atoms with Gasteiger partial charge in [-0.1, -0.05) is 12.1 Å². The smallest absolute Gasteiger partial charge is 0.352 e. The van der Waals surface area contributed by atoms with E-state index in [9.17, 15) is 14.7 Å². The zero-order chi connectivity index (χ0) is 14.3. The van der Waals surface area contributed by atoms with E-state index in [2.05, 4.69) is 9.97 Å². The molecule has 20 heavy (non-hydrogen) atoms. The molecule has 0 saturated heterocycles. The predicted octanol–water partition coefficient (Wildman–Crippen LogP) is -0.413. The van der Waals surface area contributed by atoms with Gasteiger partial charge in [-0.25, -0.2) is 9.78 Å². The summed E-state index contributed by atoms with van der Waals surface area (Å²) in [5.41, 5.74) is 0.336. The summed E-state index contributed by atoms with van der Waals surface area (Å²) in [5, 5.41) is 9.20. The van der Waals surface area contributed by atoms with Crippen molar-refractivity contribution in [2.24, 2.45) is 7.05 Å². The third-order valence-corrected chi connectivity index (χ3v) is 3.19. The Morgan fingerprint density at radius 1 is 1.20 bits per heavy atom. The van der Waals surface area contributed by atoms with Crippen molar-refractivity contribution in [3.63, 3.8) is 0 Å². The van der Waals surface area contributed by atoms with Crippen molar-refractivity contribution >= 4 is 11.0 Å². The van der Waals surface area contributed by atoms with Crippen LogP contribution >= 0.6 is 0 Å². The second-order valence-corrected chi connectivity index (χ2v) is 4.41. The van der Waals surface area contributed by atoms with Gasteiger partial charge in [0.25, 0.3) is 5.56 Å². The van der Waals surface area contributed by atoms with E-state index in [0.29, 0.717) is 11.0 Å². The lowest BCUT2D eigenvalue weighted by Crippen LogP contribution is -2.36. The maximum absolute atomic E-state index is 12.1. The monoisotopic (exact) mass is 272 g/mol. The Bertz CT molecular complexity index is 881. The standard InChI is InChI=1S/C13H12N4O3/c1-16-12(19)10-11(15-13(16)20)17(6-7-18)9-5-3-2-4-8(9)14-10/h2-5,18H,6-7H2,1H3. The number of aromatic nitrogens is 4. The zero-order valence-corrected chi connectivity index (χ0v) is 10.8. The first-order chi connectivity index (χ1) is 9.63. The molecule has 0 spiro atoms. The molecular weight excluding hydrogens is 260 g/mol. The van der Waals surface area contributed by atoms with Gasteiger partial charge < -0.3 is 9.67 Å². The van der Waals surface area contributed by atoms with Crippen molar-refractivity contribution in [1.82, 2.24) is 19.1 Å². The number of hydrogen-bond acceptors (Lipinski definition) is 5. The molecule has 0 amide bonds. The van der Waals surface area contributed by atoms with Gasteiger partial charge in [0.05, 0.1) is 17.6 Å². The molecule has 0 bridgehead atoms. The highest BCUT2D eigenvalue weighted by Crippen LogP contribution is 2.19. The van der Waals surface area contributed by atoms with E-state index in [4.69, 9.17) is 0 Å². The van der Waals surface area contributed by atoms with Crippen LogP contribution in [0.2, 0.25) is 0 Å². The molecule has 2 aliphatic heterocycles. The minimum Gasteiger partial charge on any atom is -0.395 e. The van der Waals surface area contributed by atoms with Crippen LogP contribution in [0.25, 0.3) is 22.6 Å². The van der Waals surface area contributed by atoms with Crippen LogP contribution in [0, 0.1) is 0 Å². The minimum atomic E-state index is -0.633. The van der Waals surface area contributed by atoms with Crippen molar-refractivity contribution in [1.29, 1.82) is 0 Å². The van der Waals surface area contributed by atoms with Gasteiger partial charge in [0, 0.05) is 13.6 Å². The topological polar surface area (TPSA) is 90.0 Å². The van der Waals surface area contributed by atoms with Crippen LogP contribution in [0.3, 0.4) is 0 Å². The molecule has 0 radical (unpaired) electrons. The van der Waals surface area contributed by atoms with Gasteiger partial charge in [-0.2, -0.15) is 4.98 Å². The summed E-state index contributed by atoms with van der Waals surface area (Å²) in [5.74, 6) is 0.200. The molecular formula is C13H12N4O3. The first-order valence-corrected chi connectivity index (χ1v) is 6.10. The number of aliphatic hydroxyl groups is 1. The van der Waals surface area contributed by atoms with Crippen LogP contribution in [0.15, 0.2) is 33.9 Å². The fraction of sp³-hybridized carbons (Fsp3) is 0.231. The quantitative estimate of drug-likeness (QED) is 0.640. The average Bonchev–Trinajstić information content (AvgIpc) is 2.46. The lowest BCUT2D eigenvalue weighted by Gasteiger charge is -2.16. The number of hydrogen-bond donors (Lipinski definition) is 1. The Kier molecular flexibility index (Phi) is 2.83. The highest BCUT2D eigenvalue weighted by molar-refractivity contribution is 5.79. The molecule has 0 atom stereocenters. The van der Waals surface area contributed by atoms with E-state index in [-0.39, 0.29) is 24.7 Å². The Balaban J connectivity index is 2.56. The van der Waals surface area contributed by atoms with Crippen molar-refractivity contribution in [3.05, 3.63) is 45.1 Å². The molecule has 7 heteroatoms. The molecule has 3 rings (SSSR count). The van der Waals surface area contributed by atoms with Crippen molar-refractivity contribution in [3.8, 4) is 11.5 Å². The van der Waals surface area contributed by atoms with Crippen LogP contribution < -0.4 is 11.2 Å². The summed E-state index contributed by atoms with van der Waals surface area (Å²) in [6, 6.07) is 7.21. The summed E-state index contributed by atoms with van der Waals surface area (Å²) in [4.78, 5) is 32.0. The largest absolute Gasteiger partial charge is 0.395 e. The molecule has 7 nitrogen and oxygen atoms in total. The molecule has 1 N–H and O–H groups in total. The molecule has 2 aliphatic rings. The highest BCUT2D eigenvalue weighted by Gasteiger charge is 2.19. The van der Waals surface area contributed by atoms with Crippen LogP contribution in [-0.4, -0.2) is 30.8 Å². The van der Waals surface area contributed by atoms with Crippen LogP contribution in [-0.2, 0) is 13.6 Å². The average molecular weight is 272 g/mol. The van der Waals surface area contributed by atoms with Crippen LogP contribution in [0.1, 0.15) is 0 Å². The van der Waals surface area contributed by atoms with Crippen molar-refractivity contribution in [2.45, 2.75) is 6.54 Å². The first-order valence-electron chi connectivity index (χ1n) is 6.10. The van der Waals surface area contributed by atoms with Gasteiger partial charge in [-0.3, -0.25) is 9.36 Å². The number of para-hydroxylation sites is 2. The third kappa shape index (κ3) is 1.71. The number of benzene rings is 1. The molecule has 0 saturated carbocycles. The van der Waals surface area contributed by atoms with E-state index >= 15 is 0 Å². The second-order valence-electron chi connectivity index (χ2n) is 4.41. The van der Waals surface area contributed by atoms with Crippen LogP contribution in [0.4, 0.5) is 0 Å². The molecule has 1 aromatic carbocycles. The van der Waals surface area contributed by atoms with Crippen molar-refractivity contribution in [2.75, 3.05) is 6.61 Å². The van der Waals surface area contributed by atoms with Gasteiger partial charge in [-0.15, -0.1) is 0 Å². The predicted molar refractivity (Wildman–Crippen MR) is 72.7 cm³/mol. The molecule has 102 valence electrons. The van der Waals surface area contributed by atoms with E-state index < -0.39 is 11.2 Å². The lowest BCUT2D eigenvalue weighted by molar-refractivity contribution is 0.278. The molecule has 2 heterocycles. The third-order valence-electron chi connectivity index (χ3n) is 3.19. The molecule has 0 aliphatic carbocycles. The van der Waals surface area contributed by atoms with E-state index in [1.54, 1.807) is 16.7 Å². The highest BCUT2D eigenvalue weighted by atomic mass is 16.3. The summed E-state index contributed by atoms with van der Waals surface area (Å²) in [6.45, 7) is 0.109. The second kappa shape index (κ2) is 4.53. The van der Waals surface area contributed by atoms with Gasteiger partial charge >= 0.3 is 5.69 Å². The summed E-state index contributed by atoms with van der Waals surface area (Å²) < 4.78 is 2.56. The van der Waals surface area contributed by atoms with Crippen LogP contribution in [0.5, 0.6) is 0 Å². The van der Waals surface area contributed by atoms with E-state index in [1.807, 2.05) is 12.1 Å². The molecule has 0 fully saturated rings. The van der Waals surface area contributed by atoms with E-state index in [1.165, 1.54) is 7.05 Å². The number of nitrogens with zero attached hydrogens (tertiary/aromatic N) is 4. The van der Waals surface area contributed by atoms with Gasteiger partial charge in [-0.05, 0) is 12.1 Å². The van der Waals surface area contributed by atoms with E-state index in [0.717, 1.165) is 4.57 Å². The van der Waals surface area contributed by atoms with Gasteiger partial charge in [0.1, 0.15) is 0 Å². The fourth-order valence-corrected chi connectivity index (χ4v) is 2.19. The Hall–Kier alpha value is -2.54. The summed E-state index contributed by atoms with van der Waals surface area (Å²) in [7, 11) is 1.37. The Morgan fingerprint density at radius 3 is 2.70 bits per heavy atom. The normalized spacial score (nSPS) is 11.3. The molecule has 0 unspecified atom stereocenters. The van der Waals surface area contributed by atoms with Gasteiger partial charge in [0.15, 0.2) is 11.5 Å². The maximum Gasteiger partial charge on any atom is 0.352 e. The molecule has 1 aromatic rings. The van der Waals surface area contributed by atoms with Crippen molar-refractivity contribution < 1.29 is 5.11 Å². The Labute approximate surface area is 113 Å². The summed E-state index contributed by atoms with van der Waals surface area (Å²) >= 11 is 0. The first kappa shape index (κ1) is 12.5. The zero-order valence-electron chi connectivity index (χ0n) is 10.8. The molecule has 0 aromatic heterocycles. The lowest BCUT2D eigenvalue weighted by atomic mass is 10.2. The SMILES string of the molecule is Cn1c(=O)nc2n(CCO)c3ccccc3nc-2c1=O. The summed E-state index contributed by atoms with van der Waals surface area (Å²) in [6.07, 6.45) is 0. The number of fused-ring (bicyclic) bond motifs is 2. The fourth-order valence-electron chi connectivity index (χ4n) is 2.19.